The van der Waals surface area contributed by atoms with Crippen LogP contribution in [-0.4, -0.2) is 41.7 Å². The molecule has 0 radical (unpaired) electrons. The van der Waals surface area contributed by atoms with E-state index < -0.39 is 10.0 Å². The van der Waals surface area contributed by atoms with Crippen LogP contribution in [0.3, 0.4) is 0 Å². The van der Waals surface area contributed by atoms with Gasteiger partial charge in [-0.05, 0) is 25.0 Å². The van der Waals surface area contributed by atoms with Crippen LogP contribution in [0.25, 0.3) is 0 Å². The van der Waals surface area contributed by atoms with Gasteiger partial charge in [-0.25, -0.2) is 18.4 Å². The van der Waals surface area contributed by atoms with Crippen molar-refractivity contribution < 1.29 is 13.2 Å². The minimum Gasteiger partial charge on any atom is -0.323 e. The topological polar surface area (TPSA) is 92.3 Å². The summed E-state index contributed by atoms with van der Waals surface area (Å²) in [6.45, 7) is 6.46. The molecule has 7 nitrogen and oxygen atoms in total. The molecule has 1 N–H and O–H groups in total. The zero-order chi connectivity index (χ0) is 22.1. The molecule has 0 unspecified atom stereocenters. The van der Waals surface area contributed by atoms with Crippen LogP contribution in [-0.2, 0) is 20.2 Å². The van der Waals surface area contributed by atoms with Crippen molar-refractivity contribution in [1.29, 1.82) is 0 Å². The average Bonchev–Trinajstić information content (AvgIpc) is 2.67. The molecule has 3 rings (SSSR count). The Morgan fingerprint density at radius 1 is 1.10 bits per heavy atom. The summed E-state index contributed by atoms with van der Waals surface area (Å²) in [5.41, 5.74) is 0.344. The molecule has 1 aliphatic rings. The first kappa shape index (κ1) is 22.9. The second kappa shape index (κ2) is 8.78. The maximum absolute atomic E-state index is 12.9. The van der Waals surface area contributed by atoms with Crippen LogP contribution in [0.15, 0.2) is 35.5 Å². The highest BCUT2D eigenvalue weighted by Crippen LogP contribution is 2.33. The van der Waals surface area contributed by atoms with Gasteiger partial charge in [0.25, 0.3) is 0 Å². The lowest BCUT2D eigenvalue weighted by Gasteiger charge is -2.31. The number of anilines is 1. The first-order valence-electron chi connectivity index (χ1n) is 9.57. The monoisotopic (exact) mass is 470 g/mol. The van der Waals surface area contributed by atoms with Gasteiger partial charge in [0, 0.05) is 24.4 Å². The lowest BCUT2D eigenvalue weighted by Crippen LogP contribution is -2.41. The van der Waals surface area contributed by atoms with E-state index >= 15 is 0 Å². The van der Waals surface area contributed by atoms with Crippen molar-refractivity contribution in [3.05, 3.63) is 46.5 Å². The summed E-state index contributed by atoms with van der Waals surface area (Å²) in [4.78, 5) is 21.1. The molecule has 0 aliphatic carbocycles. The highest BCUT2D eigenvalue weighted by Gasteiger charge is 2.34. The number of piperidine rings is 1. The maximum atomic E-state index is 12.9. The van der Waals surface area contributed by atoms with E-state index in [9.17, 15) is 13.2 Å². The smallest absolute Gasteiger partial charge is 0.246 e. The van der Waals surface area contributed by atoms with Gasteiger partial charge in [-0.2, -0.15) is 4.31 Å². The number of carbonyl (C=O) groups excluding carboxylic acids is 1. The molecular formula is C20H24Cl2N4O3S. The molecule has 10 heteroatoms. The molecule has 0 saturated carbocycles. The molecule has 1 aliphatic heterocycles. The molecule has 2 aromatic rings. The van der Waals surface area contributed by atoms with Gasteiger partial charge >= 0.3 is 0 Å². The third-order valence-electron chi connectivity index (χ3n) is 4.93. The number of rotatable bonds is 4. The van der Waals surface area contributed by atoms with Gasteiger partial charge in [0.2, 0.25) is 15.9 Å². The first-order valence-corrected chi connectivity index (χ1v) is 11.8. The Morgan fingerprint density at radius 3 is 2.13 bits per heavy atom. The highest BCUT2D eigenvalue weighted by atomic mass is 35.5. The molecule has 0 atom stereocenters. The van der Waals surface area contributed by atoms with Crippen LogP contribution in [0, 0.1) is 5.92 Å². The van der Waals surface area contributed by atoms with Crippen LogP contribution in [0.5, 0.6) is 0 Å². The third kappa shape index (κ3) is 4.94. The van der Waals surface area contributed by atoms with E-state index in [1.165, 1.54) is 16.4 Å². The summed E-state index contributed by atoms with van der Waals surface area (Å²) in [7, 11) is -3.83. The zero-order valence-electron chi connectivity index (χ0n) is 17.0. The number of hydrogen-bond donors (Lipinski definition) is 1. The predicted octanol–water partition coefficient (Wildman–Crippen LogP) is 4.12. The summed E-state index contributed by atoms with van der Waals surface area (Å²) in [6.07, 6.45) is 3.97. The summed E-state index contributed by atoms with van der Waals surface area (Å²) in [5.74, 6) is 0.215. The molecule has 1 aromatic heterocycles. The molecule has 0 spiro atoms. The quantitative estimate of drug-likeness (QED) is 0.724. The van der Waals surface area contributed by atoms with Gasteiger partial charge in [-0.15, -0.1) is 0 Å². The van der Waals surface area contributed by atoms with Crippen LogP contribution >= 0.6 is 23.2 Å². The molecule has 1 amide bonds. The first-order chi connectivity index (χ1) is 14.0. The second-order valence-electron chi connectivity index (χ2n) is 8.26. The molecular weight excluding hydrogens is 447 g/mol. The van der Waals surface area contributed by atoms with Crippen molar-refractivity contribution in [2.75, 3.05) is 18.4 Å². The Labute approximate surface area is 186 Å². The molecule has 1 aromatic carbocycles. The Balaban J connectivity index is 1.63. The number of aromatic nitrogens is 2. The van der Waals surface area contributed by atoms with Crippen molar-refractivity contribution >= 4 is 44.8 Å². The number of hydrogen-bond acceptors (Lipinski definition) is 5. The number of carbonyl (C=O) groups is 1. The molecule has 162 valence electrons. The van der Waals surface area contributed by atoms with E-state index in [2.05, 4.69) is 15.3 Å². The largest absolute Gasteiger partial charge is 0.323 e. The number of nitrogens with zero attached hydrogens (tertiary/aromatic N) is 3. The SMILES string of the molecule is CC(C)(C)c1ncc(NC(=O)C2CCN(S(=O)(=O)c3c(Cl)cccc3Cl)CC2)cn1. The molecule has 1 fully saturated rings. The summed E-state index contributed by atoms with van der Waals surface area (Å²) < 4.78 is 27.2. The van der Waals surface area contributed by atoms with E-state index in [4.69, 9.17) is 23.2 Å². The van der Waals surface area contributed by atoms with Crippen molar-refractivity contribution in [2.45, 2.75) is 43.9 Å². The highest BCUT2D eigenvalue weighted by molar-refractivity contribution is 7.89. The van der Waals surface area contributed by atoms with Crippen molar-refractivity contribution in [3.8, 4) is 0 Å². The minimum atomic E-state index is -3.83. The number of benzene rings is 1. The molecule has 1 saturated heterocycles. The fourth-order valence-electron chi connectivity index (χ4n) is 3.24. The molecule has 30 heavy (non-hydrogen) atoms. The Hall–Kier alpha value is -1.74. The van der Waals surface area contributed by atoms with Crippen LogP contribution in [0.2, 0.25) is 10.0 Å². The summed E-state index contributed by atoms with van der Waals surface area (Å²) in [5, 5.41) is 2.99. The van der Waals surface area contributed by atoms with Gasteiger partial charge in [0.05, 0.1) is 28.1 Å². The summed E-state index contributed by atoms with van der Waals surface area (Å²) in [6, 6.07) is 4.58. The normalized spacial score (nSPS) is 16.4. The van der Waals surface area contributed by atoms with Crippen LogP contribution < -0.4 is 5.32 Å². The van der Waals surface area contributed by atoms with Gasteiger partial charge in [0.1, 0.15) is 10.7 Å². The van der Waals surface area contributed by atoms with Crippen LogP contribution in [0.1, 0.15) is 39.4 Å². The Morgan fingerprint density at radius 2 is 1.63 bits per heavy atom. The fourth-order valence-corrected chi connectivity index (χ4v) is 5.80. The van der Waals surface area contributed by atoms with E-state index in [0.29, 0.717) is 24.4 Å². The molecule has 2 heterocycles. The van der Waals surface area contributed by atoms with E-state index in [1.807, 2.05) is 20.8 Å². The molecule has 0 bridgehead atoms. The Kier molecular flexibility index (Phi) is 6.72. The maximum Gasteiger partial charge on any atom is 0.246 e. The van der Waals surface area contributed by atoms with Crippen molar-refractivity contribution in [1.82, 2.24) is 14.3 Å². The van der Waals surface area contributed by atoms with E-state index in [0.717, 1.165) is 0 Å². The number of sulfonamides is 1. The van der Waals surface area contributed by atoms with Gasteiger partial charge in [0.15, 0.2) is 0 Å². The van der Waals surface area contributed by atoms with E-state index in [-0.39, 0.29) is 45.3 Å². The average molecular weight is 471 g/mol. The van der Waals surface area contributed by atoms with Crippen LogP contribution in [0.4, 0.5) is 5.69 Å². The van der Waals surface area contributed by atoms with Gasteiger partial charge < -0.3 is 5.32 Å². The van der Waals surface area contributed by atoms with Gasteiger partial charge in [-0.1, -0.05) is 50.0 Å². The van der Waals surface area contributed by atoms with Crippen molar-refractivity contribution in [3.63, 3.8) is 0 Å². The minimum absolute atomic E-state index is 0.0843. The van der Waals surface area contributed by atoms with Gasteiger partial charge in [-0.3, -0.25) is 4.79 Å². The lowest BCUT2D eigenvalue weighted by atomic mass is 9.96. The number of halogens is 2. The van der Waals surface area contributed by atoms with E-state index in [1.54, 1.807) is 18.5 Å². The standard InChI is InChI=1S/C20H24Cl2N4O3S/c1-20(2,3)19-23-11-14(12-24-19)25-18(27)13-7-9-26(10-8-13)30(28,29)17-15(21)5-4-6-16(17)22/h4-6,11-13H,7-10H2,1-3H3,(H,25,27). The summed E-state index contributed by atoms with van der Waals surface area (Å²) >= 11 is 12.2. The number of nitrogens with one attached hydrogen (secondary N) is 1. The fraction of sp³-hybridized carbons (Fsp3) is 0.450. The predicted molar refractivity (Wildman–Crippen MR) is 117 cm³/mol. The number of amides is 1. The van der Waals surface area contributed by atoms with Crippen molar-refractivity contribution in [2.24, 2.45) is 5.92 Å². The third-order valence-corrected chi connectivity index (χ3v) is 7.79. The second-order valence-corrected chi connectivity index (χ2v) is 11.0. The Bertz CT molecular complexity index is 1010. The lowest BCUT2D eigenvalue weighted by molar-refractivity contribution is -0.120. The zero-order valence-corrected chi connectivity index (χ0v) is 19.4.